The minimum Gasteiger partial charge on any atom is -0.345 e. The van der Waals surface area contributed by atoms with E-state index in [4.69, 9.17) is 5.73 Å². The van der Waals surface area contributed by atoms with Crippen molar-refractivity contribution in [3.05, 3.63) is 0 Å². The Bertz CT molecular complexity index is 270. The number of carbonyl (C=O) groups is 1. The predicted octanol–water partition coefficient (Wildman–Crippen LogP) is 2.79. The van der Waals surface area contributed by atoms with Gasteiger partial charge in [-0.1, -0.05) is 40.0 Å². The summed E-state index contributed by atoms with van der Waals surface area (Å²) in [6.45, 7) is 7.19. The predicted molar refractivity (Wildman–Crippen MR) is 76.3 cm³/mol. The van der Waals surface area contributed by atoms with Crippen LogP contribution in [0.5, 0.6) is 0 Å². The monoisotopic (exact) mass is 254 g/mol. The first kappa shape index (κ1) is 15.5. The smallest absolute Gasteiger partial charge is 0.228 e. The summed E-state index contributed by atoms with van der Waals surface area (Å²) >= 11 is 0. The molecule has 0 aromatic carbocycles. The molecule has 0 radical (unpaired) electrons. The molecule has 3 nitrogen and oxygen atoms in total. The van der Waals surface area contributed by atoms with Crippen molar-refractivity contribution in [2.24, 2.45) is 17.1 Å². The Balaban J connectivity index is 2.45. The molecule has 3 heteroatoms. The summed E-state index contributed by atoms with van der Waals surface area (Å²) in [7, 11) is 1.93. The molecule has 0 spiro atoms. The molecule has 1 rings (SSSR count). The van der Waals surface area contributed by atoms with E-state index in [0.29, 0.717) is 11.8 Å². The van der Waals surface area contributed by atoms with Crippen LogP contribution in [0.4, 0.5) is 0 Å². The first-order valence-electron chi connectivity index (χ1n) is 7.38. The molecule has 1 aliphatic rings. The summed E-state index contributed by atoms with van der Waals surface area (Å²) in [5, 5.41) is 0. The van der Waals surface area contributed by atoms with E-state index < -0.39 is 0 Å². The SMILES string of the molecule is CC(C)C(N)CCN(C)C(=O)C1(C)CCCCC1. The van der Waals surface area contributed by atoms with Gasteiger partial charge in [0.25, 0.3) is 0 Å². The third-order valence-corrected chi connectivity index (χ3v) is 4.47. The summed E-state index contributed by atoms with van der Waals surface area (Å²) in [4.78, 5) is 14.4. The lowest BCUT2D eigenvalue weighted by molar-refractivity contribution is -0.141. The molecule has 1 atom stereocenters. The lowest BCUT2D eigenvalue weighted by Gasteiger charge is -2.36. The lowest BCUT2D eigenvalue weighted by atomic mass is 9.74. The molecule has 1 saturated carbocycles. The lowest BCUT2D eigenvalue weighted by Crippen LogP contribution is -2.43. The molecule has 1 fully saturated rings. The zero-order valence-corrected chi connectivity index (χ0v) is 12.5. The van der Waals surface area contributed by atoms with E-state index in [1.165, 1.54) is 19.3 Å². The molecule has 0 bridgehead atoms. The van der Waals surface area contributed by atoms with E-state index >= 15 is 0 Å². The van der Waals surface area contributed by atoms with Crippen molar-refractivity contribution in [2.75, 3.05) is 13.6 Å². The topological polar surface area (TPSA) is 46.3 Å². The van der Waals surface area contributed by atoms with Crippen LogP contribution in [0.15, 0.2) is 0 Å². The average Bonchev–Trinajstić information content (AvgIpc) is 2.35. The van der Waals surface area contributed by atoms with Gasteiger partial charge in [0.1, 0.15) is 0 Å². The second-order valence-corrected chi connectivity index (χ2v) is 6.54. The molecule has 1 aliphatic carbocycles. The highest BCUT2D eigenvalue weighted by atomic mass is 16.2. The average molecular weight is 254 g/mol. The Kier molecular flexibility index (Phi) is 5.64. The summed E-state index contributed by atoms with van der Waals surface area (Å²) in [5.41, 5.74) is 5.92. The van der Waals surface area contributed by atoms with Crippen molar-refractivity contribution >= 4 is 5.91 Å². The van der Waals surface area contributed by atoms with Gasteiger partial charge in [0.05, 0.1) is 0 Å². The van der Waals surface area contributed by atoms with Crippen LogP contribution in [0.1, 0.15) is 59.3 Å². The standard InChI is InChI=1S/C15H30N2O/c1-12(2)13(16)8-11-17(4)14(18)15(3)9-6-5-7-10-15/h12-13H,5-11,16H2,1-4H3. The molecule has 0 aliphatic heterocycles. The Morgan fingerprint density at radius 3 is 2.33 bits per heavy atom. The highest BCUT2D eigenvalue weighted by molar-refractivity contribution is 5.82. The Morgan fingerprint density at radius 2 is 1.83 bits per heavy atom. The highest BCUT2D eigenvalue weighted by Gasteiger charge is 2.36. The maximum Gasteiger partial charge on any atom is 0.228 e. The number of nitrogens with zero attached hydrogens (tertiary/aromatic N) is 1. The zero-order valence-electron chi connectivity index (χ0n) is 12.5. The maximum atomic E-state index is 12.5. The van der Waals surface area contributed by atoms with Crippen LogP contribution in [0.3, 0.4) is 0 Å². The van der Waals surface area contributed by atoms with Crippen LogP contribution in [-0.2, 0) is 4.79 Å². The van der Waals surface area contributed by atoms with E-state index in [1.807, 2.05) is 11.9 Å². The van der Waals surface area contributed by atoms with E-state index in [1.54, 1.807) is 0 Å². The Labute approximate surface area is 112 Å². The van der Waals surface area contributed by atoms with Gasteiger partial charge in [-0.3, -0.25) is 4.79 Å². The van der Waals surface area contributed by atoms with Crippen LogP contribution in [0, 0.1) is 11.3 Å². The first-order valence-corrected chi connectivity index (χ1v) is 7.38. The maximum absolute atomic E-state index is 12.5. The highest BCUT2D eigenvalue weighted by Crippen LogP contribution is 2.37. The largest absolute Gasteiger partial charge is 0.345 e. The van der Waals surface area contributed by atoms with E-state index in [-0.39, 0.29) is 11.5 Å². The van der Waals surface area contributed by atoms with Gasteiger partial charge in [0, 0.05) is 25.0 Å². The number of amides is 1. The van der Waals surface area contributed by atoms with Crippen molar-refractivity contribution < 1.29 is 4.79 Å². The van der Waals surface area contributed by atoms with Crippen LogP contribution >= 0.6 is 0 Å². The molecule has 2 N–H and O–H groups in total. The molecular weight excluding hydrogens is 224 g/mol. The molecule has 1 amide bonds. The first-order chi connectivity index (χ1) is 8.37. The van der Waals surface area contributed by atoms with E-state index in [0.717, 1.165) is 25.8 Å². The molecule has 0 saturated heterocycles. The molecule has 0 heterocycles. The molecule has 0 aromatic heterocycles. The van der Waals surface area contributed by atoms with E-state index in [9.17, 15) is 4.79 Å². The van der Waals surface area contributed by atoms with Crippen LogP contribution < -0.4 is 5.73 Å². The van der Waals surface area contributed by atoms with Crippen LogP contribution in [-0.4, -0.2) is 30.4 Å². The normalized spacial score (nSPS) is 20.8. The zero-order chi connectivity index (χ0) is 13.8. The minimum absolute atomic E-state index is 0.116. The third-order valence-electron chi connectivity index (χ3n) is 4.47. The molecule has 18 heavy (non-hydrogen) atoms. The number of carbonyl (C=O) groups excluding carboxylic acids is 1. The van der Waals surface area contributed by atoms with Crippen LogP contribution in [0.25, 0.3) is 0 Å². The van der Waals surface area contributed by atoms with Gasteiger partial charge >= 0.3 is 0 Å². The van der Waals surface area contributed by atoms with E-state index in [2.05, 4.69) is 20.8 Å². The fourth-order valence-electron chi connectivity index (χ4n) is 2.78. The Hall–Kier alpha value is -0.570. The number of hydrogen-bond acceptors (Lipinski definition) is 2. The van der Waals surface area contributed by atoms with Gasteiger partial charge in [-0.15, -0.1) is 0 Å². The third kappa shape index (κ3) is 3.98. The van der Waals surface area contributed by atoms with Crippen molar-refractivity contribution in [1.29, 1.82) is 0 Å². The number of hydrogen-bond donors (Lipinski definition) is 1. The van der Waals surface area contributed by atoms with Crippen molar-refractivity contribution in [3.8, 4) is 0 Å². The summed E-state index contributed by atoms with van der Waals surface area (Å²) in [6, 6.07) is 0.194. The van der Waals surface area contributed by atoms with Crippen LogP contribution in [0.2, 0.25) is 0 Å². The molecular formula is C15H30N2O. The van der Waals surface area contributed by atoms with Gasteiger partial charge < -0.3 is 10.6 Å². The van der Waals surface area contributed by atoms with Gasteiger partial charge in [0.15, 0.2) is 0 Å². The number of nitrogens with two attached hydrogens (primary N) is 1. The minimum atomic E-state index is -0.116. The van der Waals surface area contributed by atoms with Crippen molar-refractivity contribution in [3.63, 3.8) is 0 Å². The van der Waals surface area contributed by atoms with Crippen molar-refractivity contribution in [1.82, 2.24) is 4.90 Å². The summed E-state index contributed by atoms with van der Waals surface area (Å²) in [6.07, 6.45) is 6.67. The number of rotatable bonds is 5. The van der Waals surface area contributed by atoms with Gasteiger partial charge in [-0.05, 0) is 25.2 Å². The second kappa shape index (κ2) is 6.55. The van der Waals surface area contributed by atoms with Crippen molar-refractivity contribution in [2.45, 2.75) is 65.3 Å². The van der Waals surface area contributed by atoms with Gasteiger partial charge in [0.2, 0.25) is 5.91 Å². The quantitative estimate of drug-likeness (QED) is 0.820. The fraction of sp³-hybridized carbons (Fsp3) is 0.933. The summed E-state index contributed by atoms with van der Waals surface area (Å²) < 4.78 is 0. The summed E-state index contributed by atoms with van der Waals surface area (Å²) in [5.74, 6) is 0.803. The Morgan fingerprint density at radius 1 is 1.28 bits per heavy atom. The molecule has 0 aromatic rings. The van der Waals surface area contributed by atoms with Gasteiger partial charge in [-0.25, -0.2) is 0 Å². The molecule has 1 unspecified atom stereocenters. The second-order valence-electron chi connectivity index (χ2n) is 6.54. The van der Waals surface area contributed by atoms with Gasteiger partial charge in [-0.2, -0.15) is 0 Å². The molecule has 106 valence electrons. The fourth-order valence-corrected chi connectivity index (χ4v) is 2.78.